The first-order chi connectivity index (χ1) is 11.1. The average Bonchev–Trinajstić information content (AvgIpc) is 2.95. The van der Waals surface area contributed by atoms with Gasteiger partial charge in [-0.25, -0.2) is 4.98 Å². The van der Waals surface area contributed by atoms with E-state index in [4.69, 9.17) is 11.6 Å². The van der Waals surface area contributed by atoms with Crippen LogP contribution in [0.1, 0.15) is 46.6 Å². The van der Waals surface area contributed by atoms with Crippen molar-refractivity contribution in [2.45, 2.75) is 38.5 Å². The molecule has 0 bridgehead atoms. The second-order valence-electron chi connectivity index (χ2n) is 5.57. The number of benzene rings is 1. The number of amides is 1. The minimum atomic E-state index is -0.168. The molecule has 128 valence electrons. The van der Waals surface area contributed by atoms with Gasteiger partial charge in [0.25, 0.3) is 0 Å². The van der Waals surface area contributed by atoms with Crippen molar-refractivity contribution in [3.8, 4) is 0 Å². The van der Waals surface area contributed by atoms with Crippen molar-refractivity contribution >= 4 is 52.2 Å². The van der Waals surface area contributed by atoms with Crippen LogP contribution in [0.5, 0.6) is 0 Å². The highest BCUT2D eigenvalue weighted by atomic mass is 35.5. The molecule has 1 N–H and O–H groups in total. The summed E-state index contributed by atoms with van der Waals surface area (Å²) in [5, 5.41) is 4.05. The molecule has 2 aromatic rings. The normalized spacial score (nSPS) is 12.9. The summed E-state index contributed by atoms with van der Waals surface area (Å²) in [6, 6.07) is 6.71. The molecule has 0 radical (unpaired) electrons. The fourth-order valence-corrected chi connectivity index (χ4v) is 3.79. The van der Waals surface area contributed by atoms with Crippen LogP contribution in [0.15, 0.2) is 24.3 Å². The topological polar surface area (TPSA) is 59.1 Å². The third-order valence-corrected chi connectivity index (χ3v) is 5.16. The number of nitrogens with one attached hydrogen (secondary N) is 1. The highest BCUT2D eigenvalue weighted by molar-refractivity contribution is 7.15. The van der Waals surface area contributed by atoms with Gasteiger partial charge in [0.15, 0.2) is 10.9 Å². The van der Waals surface area contributed by atoms with E-state index in [9.17, 15) is 9.59 Å². The Balaban J connectivity index is 0.00000208. The second-order valence-corrected chi connectivity index (χ2v) is 7.09. The first-order valence-electron chi connectivity index (χ1n) is 7.69. The number of halogens is 2. The van der Waals surface area contributed by atoms with E-state index in [1.807, 2.05) is 0 Å². The van der Waals surface area contributed by atoms with E-state index in [2.05, 4.69) is 10.3 Å². The number of Topliss-reactive ketones (excluding diaryl/α,β-unsaturated/α-hetero) is 1. The quantitative estimate of drug-likeness (QED) is 0.759. The van der Waals surface area contributed by atoms with Gasteiger partial charge < -0.3 is 5.32 Å². The van der Waals surface area contributed by atoms with Crippen molar-refractivity contribution in [1.82, 2.24) is 4.98 Å². The number of fused-ring (bicyclic) bond motifs is 1. The minimum Gasteiger partial charge on any atom is -0.302 e. The van der Waals surface area contributed by atoms with Crippen LogP contribution in [0.25, 0.3) is 0 Å². The molecule has 0 saturated heterocycles. The van der Waals surface area contributed by atoms with E-state index in [-0.39, 0.29) is 36.9 Å². The standard InChI is InChI=1S/C17H17ClN2O2S.ClH/c18-12-7-5-11(6-8-12)14(21)9-10-16(22)20-17-19-13-3-1-2-4-15(13)23-17;/h5-8H,1-4,9-10H2,(H,19,20,22);1H. The number of hydrogen-bond donors (Lipinski definition) is 1. The molecule has 0 saturated carbocycles. The number of nitrogens with zero attached hydrogens (tertiary/aromatic N) is 1. The SMILES string of the molecule is Cl.O=C(CCC(=O)c1ccc(Cl)cc1)Nc1nc2c(s1)CCCC2. The predicted molar refractivity (Wildman–Crippen MR) is 99.7 cm³/mol. The second kappa shape index (κ2) is 8.60. The van der Waals surface area contributed by atoms with E-state index in [0.29, 0.717) is 15.7 Å². The molecule has 0 fully saturated rings. The molecule has 1 amide bonds. The Morgan fingerprint density at radius 1 is 1.12 bits per heavy atom. The van der Waals surface area contributed by atoms with Crippen LogP contribution >= 0.6 is 35.3 Å². The Morgan fingerprint density at radius 2 is 1.83 bits per heavy atom. The Kier molecular flexibility index (Phi) is 6.78. The monoisotopic (exact) mass is 384 g/mol. The van der Waals surface area contributed by atoms with Crippen LogP contribution in [0.2, 0.25) is 5.02 Å². The van der Waals surface area contributed by atoms with Crippen molar-refractivity contribution < 1.29 is 9.59 Å². The molecule has 1 aromatic heterocycles. The van der Waals surface area contributed by atoms with Crippen LogP contribution in [0.3, 0.4) is 0 Å². The minimum absolute atomic E-state index is 0. The summed E-state index contributed by atoms with van der Waals surface area (Å²) in [5.41, 5.74) is 1.70. The third-order valence-electron chi connectivity index (χ3n) is 3.84. The summed E-state index contributed by atoms with van der Waals surface area (Å²) in [6.07, 6.45) is 4.75. The lowest BCUT2D eigenvalue weighted by Gasteiger charge is -2.06. The molecule has 0 atom stereocenters. The van der Waals surface area contributed by atoms with E-state index in [0.717, 1.165) is 18.5 Å². The van der Waals surface area contributed by atoms with Gasteiger partial charge in [0.1, 0.15) is 0 Å². The molecule has 4 nitrogen and oxygen atoms in total. The predicted octanol–water partition coefficient (Wildman–Crippen LogP) is 4.70. The Morgan fingerprint density at radius 3 is 2.54 bits per heavy atom. The molecule has 0 aliphatic heterocycles. The molecule has 1 aliphatic rings. The maximum Gasteiger partial charge on any atom is 0.226 e. The zero-order valence-electron chi connectivity index (χ0n) is 13.0. The first-order valence-corrected chi connectivity index (χ1v) is 8.88. The number of carbonyl (C=O) groups excluding carboxylic acids is 2. The zero-order valence-corrected chi connectivity index (χ0v) is 15.4. The van der Waals surface area contributed by atoms with Gasteiger partial charge in [0.2, 0.25) is 5.91 Å². The maximum absolute atomic E-state index is 12.0. The van der Waals surface area contributed by atoms with Crippen LogP contribution < -0.4 is 5.32 Å². The Hall–Kier alpha value is -1.43. The molecule has 1 heterocycles. The van der Waals surface area contributed by atoms with Crippen LogP contribution in [-0.4, -0.2) is 16.7 Å². The summed E-state index contributed by atoms with van der Waals surface area (Å²) in [4.78, 5) is 29.8. The summed E-state index contributed by atoms with van der Waals surface area (Å²) in [7, 11) is 0. The first kappa shape index (κ1) is 18.9. The van der Waals surface area contributed by atoms with Crippen LogP contribution in [0.4, 0.5) is 5.13 Å². The van der Waals surface area contributed by atoms with Gasteiger partial charge >= 0.3 is 0 Å². The number of aromatic nitrogens is 1. The highest BCUT2D eigenvalue weighted by Crippen LogP contribution is 2.29. The smallest absolute Gasteiger partial charge is 0.226 e. The van der Waals surface area contributed by atoms with E-state index >= 15 is 0 Å². The molecule has 1 aliphatic carbocycles. The van der Waals surface area contributed by atoms with Crippen molar-refractivity contribution in [3.63, 3.8) is 0 Å². The molecular weight excluding hydrogens is 367 g/mol. The number of rotatable bonds is 5. The van der Waals surface area contributed by atoms with Crippen molar-refractivity contribution in [2.24, 2.45) is 0 Å². The molecule has 24 heavy (non-hydrogen) atoms. The molecular formula is C17H18Cl2N2O2S. The highest BCUT2D eigenvalue weighted by Gasteiger charge is 2.16. The van der Waals surface area contributed by atoms with Gasteiger partial charge in [-0.3, -0.25) is 9.59 Å². The summed E-state index contributed by atoms with van der Waals surface area (Å²) >= 11 is 7.35. The molecule has 3 rings (SSSR count). The third kappa shape index (κ3) is 4.79. The number of ketones is 1. The largest absolute Gasteiger partial charge is 0.302 e. The number of thiazole rings is 1. The average molecular weight is 385 g/mol. The number of aryl methyl sites for hydroxylation is 2. The number of hydrogen-bond acceptors (Lipinski definition) is 4. The van der Waals surface area contributed by atoms with Gasteiger partial charge in [0.05, 0.1) is 5.69 Å². The number of anilines is 1. The number of carbonyl (C=O) groups is 2. The lowest BCUT2D eigenvalue weighted by atomic mass is 10.0. The molecule has 0 unspecified atom stereocenters. The summed E-state index contributed by atoms with van der Waals surface area (Å²) in [6.45, 7) is 0. The van der Waals surface area contributed by atoms with Crippen molar-refractivity contribution in [2.75, 3.05) is 5.32 Å². The Bertz CT molecular complexity index is 705. The fraction of sp³-hybridized carbons (Fsp3) is 0.353. The molecule has 7 heteroatoms. The van der Waals surface area contributed by atoms with E-state index in [1.165, 1.54) is 17.7 Å². The molecule has 1 aromatic carbocycles. The molecule has 0 spiro atoms. The summed E-state index contributed by atoms with van der Waals surface area (Å²) < 4.78 is 0. The summed E-state index contributed by atoms with van der Waals surface area (Å²) in [5.74, 6) is -0.228. The Labute approximate surface area is 156 Å². The van der Waals surface area contributed by atoms with E-state index < -0.39 is 0 Å². The van der Waals surface area contributed by atoms with Gasteiger partial charge in [0, 0.05) is 28.3 Å². The van der Waals surface area contributed by atoms with Crippen molar-refractivity contribution in [3.05, 3.63) is 45.4 Å². The maximum atomic E-state index is 12.0. The van der Waals surface area contributed by atoms with Gasteiger partial charge in [-0.05, 0) is 49.9 Å². The lowest BCUT2D eigenvalue weighted by Crippen LogP contribution is -2.13. The zero-order chi connectivity index (χ0) is 16.2. The van der Waals surface area contributed by atoms with Gasteiger partial charge in [-0.2, -0.15) is 0 Å². The van der Waals surface area contributed by atoms with Gasteiger partial charge in [-0.15, -0.1) is 23.7 Å². The van der Waals surface area contributed by atoms with Gasteiger partial charge in [-0.1, -0.05) is 11.6 Å². The van der Waals surface area contributed by atoms with Crippen LogP contribution in [0, 0.1) is 0 Å². The van der Waals surface area contributed by atoms with E-state index in [1.54, 1.807) is 35.6 Å². The fourth-order valence-electron chi connectivity index (χ4n) is 2.59. The van der Waals surface area contributed by atoms with Crippen molar-refractivity contribution in [1.29, 1.82) is 0 Å². The van der Waals surface area contributed by atoms with Crippen LogP contribution in [-0.2, 0) is 17.6 Å². The lowest BCUT2D eigenvalue weighted by molar-refractivity contribution is -0.116.